The van der Waals surface area contributed by atoms with E-state index in [4.69, 9.17) is 9.47 Å². The van der Waals surface area contributed by atoms with E-state index in [9.17, 15) is 14.4 Å². The molecule has 0 N–H and O–H groups in total. The van der Waals surface area contributed by atoms with Crippen LogP contribution >= 0.6 is 0 Å². The summed E-state index contributed by atoms with van der Waals surface area (Å²) in [5, 5.41) is 0. The normalized spacial score (nSPS) is 30.8. The van der Waals surface area contributed by atoms with Crippen LogP contribution in [0.1, 0.15) is 96.9 Å². The van der Waals surface area contributed by atoms with Gasteiger partial charge in [-0.1, -0.05) is 55.8 Å². The van der Waals surface area contributed by atoms with E-state index in [1.165, 1.54) is 5.57 Å². The molecule has 4 aliphatic rings. The van der Waals surface area contributed by atoms with Crippen LogP contribution in [0, 0.1) is 28.6 Å². The number of Topliss-reactive ketones (excluding diaryl/α,β-unsaturated/α-hetero) is 1. The number of ether oxygens (including phenoxy) is 2. The van der Waals surface area contributed by atoms with Crippen molar-refractivity contribution >= 4 is 23.2 Å². The van der Waals surface area contributed by atoms with Crippen molar-refractivity contribution < 1.29 is 23.9 Å². The van der Waals surface area contributed by atoms with Crippen molar-refractivity contribution in [3.63, 3.8) is 0 Å². The first kappa shape index (κ1) is 28.8. The molecule has 6 heteroatoms. The van der Waals surface area contributed by atoms with Crippen LogP contribution in [0.4, 0.5) is 0 Å². The highest BCUT2D eigenvalue weighted by Gasteiger charge is 2.58. The Kier molecular flexibility index (Phi) is 7.14. The van der Waals surface area contributed by atoms with E-state index in [1.54, 1.807) is 13.0 Å². The lowest BCUT2D eigenvalue weighted by Gasteiger charge is -2.57. The number of carbonyl (C=O) groups excluding carboxylic acids is 3. The zero-order valence-corrected chi connectivity index (χ0v) is 25.9. The predicted octanol–water partition coefficient (Wildman–Crippen LogP) is 8.02. The first-order valence-electron chi connectivity index (χ1n) is 16.2. The molecule has 2 aromatic heterocycles. The summed E-state index contributed by atoms with van der Waals surface area (Å²) in [5.74, 6) is 0.659. The second-order valence-electron chi connectivity index (χ2n) is 13.7. The number of allylic oxidation sites excluding steroid dienone is 3. The number of pyridine rings is 1. The van der Waals surface area contributed by atoms with Crippen LogP contribution in [0.15, 0.2) is 84.1 Å². The molecule has 6 atom stereocenters. The van der Waals surface area contributed by atoms with Crippen LogP contribution in [-0.2, 0) is 9.47 Å². The molecule has 2 heterocycles. The zero-order valence-electron chi connectivity index (χ0n) is 25.9. The number of nitrogens with zero attached hydrogens (tertiary/aromatic N) is 1. The topological polar surface area (TPSA) is 74.1 Å². The second-order valence-corrected chi connectivity index (χ2v) is 13.7. The van der Waals surface area contributed by atoms with Crippen molar-refractivity contribution in [3.8, 4) is 0 Å². The van der Waals surface area contributed by atoms with Gasteiger partial charge in [0.2, 0.25) is 5.78 Å². The molecule has 0 amide bonds. The van der Waals surface area contributed by atoms with Gasteiger partial charge in [0.15, 0.2) is 0 Å². The molecule has 2 saturated carbocycles. The number of ketones is 1. The fraction of sp³-hybridized carbons (Fsp3) is 0.447. The Labute approximate surface area is 259 Å². The molecule has 228 valence electrons. The number of esters is 2. The van der Waals surface area contributed by atoms with E-state index in [0.29, 0.717) is 34.6 Å². The van der Waals surface area contributed by atoms with Crippen LogP contribution in [0.3, 0.4) is 0 Å². The Balaban J connectivity index is 1.12. The van der Waals surface area contributed by atoms with Crippen molar-refractivity contribution in [3.05, 3.63) is 101 Å². The van der Waals surface area contributed by atoms with Gasteiger partial charge in [-0.05, 0) is 104 Å². The van der Waals surface area contributed by atoms with Crippen molar-refractivity contribution in [2.24, 2.45) is 28.6 Å². The standard InChI is InChI=1S/C38H41NO5/c1-4-43-36(42)29-23-26-12-8-9-21-39(26)33(29)34(40)32-16-15-30-28-14-13-25-22-27(44-35(41)24-10-6-5-7-11-24)17-19-37(25,2)31(28)18-20-38(30,32)3/h5-13,16,21,23,27-28,30-31H,4,14-15,17-20,22H2,1-3H3/t27-,28-,30-,31-,37-,38-/m0/s1. The zero-order chi connectivity index (χ0) is 30.6. The molecule has 0 unspecified atom stereocenters. The highest BCUT2D eigenvalue weighted by molar-refractivity contribution is 6.15. The number of hydrogen-bond acceptors (Lipinski definition) is 5. The number of hydrogen-bond donors (Lipinski definition) is 0. The predicted molar refractivity (Wildman–Crippen MR) is 168 cm³/mol. The molecule has 3 aromatic rings. The molecule has 0 aliphatic heterocycles. The summed E-state index contributed by atoms with van der Waals surface area (Å²) < 4.78 is 13.2. The molecule has 0 radical (unpaired) electrons. The van der Waals surface area contributed by atoms with Gasteiger partial charge in [-0.25, -0.2) is 9.59 Å². The van der Waals surface area contributed by atoms with Crippen LogP contribution in [0.2, 0.25) is 0 Å². The number of fused-ring (bicyclic) bond motifs is 6. The summed E-state index contributed by atoms with van der Waals surface area (Å²) in [7, 11) is 0. The maximum Gasteiger partial charge on any atom is 0.340 e. The summed E-state index contributed by atoms with van der Waals surface area (Å²) in [4.78, 5) is 40.2. The van der Waals surface area contributed by atoms with Gasteiger partial charge in [0.1, 0.15) is 11.8 Å². The summed E-state index contributed by atoms with van der Waals surface area (Å²) in [6.07, 6.45) is 13.0. The van der Waals surface area contributed by atoms with Crippen molar-refractivity contribution in [2.75, 3.05) is 6.61 Å². The highest BCUT2D eigenvalue weighted by atomic mass is 16.5. The average molecular weight is 592 g/mol. The fourth-order valence-corrected chi connectivity index (χ4v) is 9.29. The Bertz CT molecular complexity index is 1700. The van der Waals surface area contributed by atoms with Crippen LogP contribution < -0.4 is 0 Å². The van der Waals surface area contributed by atoms with Crippen molar-refractivity contribution in [1.82, 2.24) is 4.40 Å². The van der Waals surface area contributed by atoms with Crippen molar-refractivity contribution in [1.29, 1.82) is 0 Å². The van der Waals surface area contributed by atoms with Crippen LogP contribution in [-0.4, -0.2) is 34.8 Å². The van der Waals surface area contributed by atoms with Gasteiger partial charge >= 0.3 is 11.9 Å². The maximum absolute atomic E-state index is 14.4. The Morgan fingerprint density at radius 2 is 1.66 bits per heavy atom. The molecule has 0 spiro atoms. The number of carbonyl (C=O) groups is 3. The third-order valence-electron chi connectivity index (χ3n) is 11.6. The van der Waals surface area contributed by atoms with Gasteiger partial charge in [0, 0.05) is 23.7 Å². The molecule has 2 fully saturated rings. The summed E-state index contributed by atoms with van der Waals surface area (Å²) >= 11 is 0. The SMILES string of the molecule is CCOC(=O)c1cc2ccccn2c1C(=O)C1=CC[C@H]2[C@@H]3CC=C4C[C@@H](OC(=O)c5ccccc5)CC[C@]4(C)[C@H]3CC[C@]12C. The third-order valence-corrected chi connectivity index (χ3v) is 11.6. The first-order chi connectivity index (χ1) is 21.2. The average Bonchev–Trinajstić information content (AvgIpc) is 3.60. The van der Waals surface area contributed by atoms with Gasteiger partial charge < -0.3 is 13.9 Å². The Hall–Kier alpha value is -3.93. The van der Waals surface area contributed by atoms with E-state index in [2.05, 4.69) is 26.0 Å². The van der Waals surface area contributed by atoms with E-state index in [1.807, 2.05) is 59.1 Å². The second kappa shape index (κ2) is 10.9. The molecule has 0 bridgehead atoms. The summed E-state index contributed by atoms with van der Waals surface area (Å²) in [6.45, 7) is 6.76. The third kappa shape index (κ3) is 4.48. The van der Waals surface area contributed by atoms with Gasteiger partial charge in [-0.3, -0.25) is 4.79 Å². The molecule has 0 saturated heterocycles. The van der Waals surface area contributed by atoms with E-state index < -0.39 is 5.97 Å². The fourth-order valence-electron chi connectivity index (χ4n) is 9.29. The Morgan fingerprint density at radius 1 is 0.886 bits per heavy atom. The maximum atomic E-state index is 14.4. The smallest absolute Gasteiger partial charge is 0.340 e. The lowest BCUT2D eigenvalue weighted by atomic mass is 9.47. The number of benzene rings is 1. The Morgan fingerprint density at radius 3 is 2.45 bits per heavy atom. The van der Waals surface area contributed by atoms with Crippen LogP contribution in [0.5, 0.6) is 0 Å². The number of rotatable bonds is 6. The summed E-state index contributed by atoms with van der Waals surface area (Å²) in [5.41, 5.74) is 4.31. The number of aromatic nitrogens is 1. The van der Waals surface area contributed by atoms with E-state index >= 15 is 0 Å². The van der Waals surface area contributed by atoms with Gasteiger partial charge in [0.25, 0.3) is 0 Å². The first-order valence-corrected chi connectivity index (χ1v) is 16.2. The van der Waals surface area contributed by atoms with E-state index in [-0.39, 0.29) is 35.3 Å². The molecule has 4 aliphatic carbocycles. The minimum atomic E-state index is -0.452. The molecule has 1 aromatic carbocycles. The lowest BCUT2D eigenvalue weighted by Crippen LogP contribution is -2.50. The monoisotopic (exact) mass is 591 g/mol. The largest absolute Gasteiger partial charge is 0.462 e. The van der Waals surface area contributed by atoms with Gasteiger partial charge in [-0.15, -0.1) is 0 Å². The molecule has 7 rings (SSSR count). The van der Waals surface area contributed by atoms with Gasteiger partial charge in [-0.2, -0.15) is 0 Å². The molecule has 44 heavy (non-hydrogen) atoms. The van der Waals surface area contributed by atoms with E-state index in [0.717, 1.165) is 56.0 Å². The summed E-state index contributed by atoms with van der Waals surface area (Å²) in [6, 6.07) is 16.8. The molecular formula is C38H41NO5. The minimum absolute atomic E-state index is 0.0540. The highest BCUT2D eigenvalue weighted by Crippen LogP contribution is 2.65. The lowest BCUT2D eigenvalue weighted by molar-refractivity contribution is -0.0348. The quantitative estimate of drug-likeness (QED) is 0.165. The van der Waals surface area contributed by atoms with Crippen molar-refractivity contribution in [2.45, 2.75) is 71.8 Å². The van der Waals surface area contributed by atoms with Gasteiger partial charge in [0.05, 0.1) is 17.7 Å². The molecule has 6 nitrogen and oxygen atoms in total. The van der Waals surface area contributed by atoms with Crippen LogP contribution in [0.25, 0.3) is 5.52 Å². The minimum Gasteiger partial charge on any atom is -0.462 e. The molecular weight excluding hydrogens is 550 g/mol.